The third-order valence-corrected chi connectivity index (χ3v) is 4.09. The number of carbonyl (C=O) groups excluding carboxylic acids is 1. The first-order valence-corrected chi connectivity index (χ1v) is 7.65. The number of nitrogens with zero attached hydrogens (tertiary/aromatic N) is 2. The highest BCUT2D eigenvalue weighted by atomic mass is 19.1. The molecule has 1 aromatic heterocycles. The number of aliphatic hydroxyl groups is 1. The number of hydrogen-bond acceptors (Lipinski definition) is 4. The predicted molar refractivity (Wildman–Crippen MR) is 83.5 cm³/mol. The van der Waals surface area contributed by atoms with Crippen molar-refractivity contribution >= 4 is 5.91 Å². The summed E-state index contributed by atoms with van der Waals surface area (Å²) in [5.74, 6) is -0.185. The summed E-state index contributed by atoms with van der Waals surface area (Å²) in [5, 5.41) is 8.96. The van der Waals surface area contributed by atoms with E-state index in [0.717, 1.165) is 18.7 Å². The van der Waals surface area contributed by atoms with Gasteiger partial charge in [-0.15, -0.1) is 0 Å². The molecule has 2 heterocycles. The molecule has 3 rings (SSSR count). The SMILES string of the molecule is O=C(c1occc1-c1ccc(F)cc1)N1CCN(CCO)CC1. The zero-order valence-electron chi connectivity index (χ0n) is 12.7. The molecule has 1 fully saturated rings. The van der Waals surface area contributed by atoms with Crippen molar-refractivity contribution in [2.75, 3.05) is 39.3 Å². The standard InChI is InChI=1S/C17H19FN2O3/c18-14-3-1-13(2-4-14)15-5-12-23-16(15)17(22)20-8-6-19(7-9-20)10-11-21/h1-5,12,21H,6-11H2. The molecular formula is C17H19FN2O3. The number of rotatable bonds is 4. The zero-order valence-corrected chi connectivity index (χ0v) is 12.7. The van der Waals surface area contributed by atoms with Crippen molar-refractivity contribution in [3.63, 3.8) is 0 Å². The minimum Gasteiger partial charge on any atom is -0.459 e. The van der Waals surface area contributed by atoms with Gasteiger partial charge >= 0.3 is 0 Å². The van der Waals surface area contributed by atoms with Gasteiger partial charge in [0.1, 0.15) is 5.82 Å². The van der Waals surface area contributed by atoms with Gasteiger partial charge in [0.25, 0.3) is 5.91 Å². The molecule has 0 radical (unpaired) electrons. The van der Waals surface area contributed by atoms with Gasteiger partial charge in [-0.25, -0.2) is 4.39 Å². The highest BCUT2D eigenvalue weighted by Gasteiger charge is 2.26. The Morgan fingerprint density at radius 3 is 2.48 bits per heavy atom. The molecule has 0 atom stereocenters. The number of piperazine rings is 1. The molecule has 1 aliphatic heterocycles. The molecule has 23 heavy (non-hydrogen) atoms. The molecule has 1 aromatic carbocycles. The molecular weight excluding hydrogens is 299 g/mol. The first-order valence-electron chi connectivity index (χ1n) is 7.65. The Morgan fingerprint density at radius 1 is 1.13 bits per heavy atom. The molecule has 1 saturated heterocycles. The van der Waals surface area contributed by atoms with Crippen LogP contribution in [-0.2, 0) is 0 Å². The van der Waals surface area contributed by atoms with Crippen LogP contribution in [0.25, 0.3) is 11.1 Å². The maximum atomic E-state index is 13.1. The molecule has 5 nitrogen and oxygen atoms in total. The van der Waals surface area contributed by atoms with Crippen molar-refractivity contribution in [3.8, 4) is 11.1 Å². The van der Waals surface area contributed by atoms with Crippen LogP contribution in [0.3, 0.4) is 0 Å². The van der Waals surface area contributed by atoms with E-state index in [1.165, 1.54) is 18.4 Å². The summed E-state index contributed by atoms with van der Waals surface area (Å²) in [6.07, 6.45) is 1.48. The van der Waals surface area contributed by atoms with Crippen molar-refractivity contribution in [1.82, 2.24) is 9.80 Å². The summed E-state index contributed by atoms with van der Waals surface area (Å²) in [7, 11) is 0. The maximum Gasteiger partial charge on any atom is 0.290 e. The Morgan fingerprint density at radius 2 is 1.83 bits per heavy atom. The number of β-amino-alcohol motifs (C(OH)–C–C–N with tert-alkyl or cyclic N) is 1. The van der Waals surface area contributed by atoms with E-state index in [1.54, 1.807) is 23.1 Å². The minimum absolute atomic E-state index is 0.126. The second-order valence-corrected chi connectivity index (χ2v) is 5.53. The molecule has 0 saturated carbocycles. The van der Waals surface area contributed by atoms with Gasteiger partial charge in [-0.1, -0.05) is 12.1 Å². The lowest BCUT2D eigenvalue weighted by Crippen LogP contribution is -2.49. The van der Waals surface area contributed by atoms with Gasteiger partial charge in [-0.3, -0.25) is 9.69 Å². The van der Waals surface area contributed by atoms with E-state index in [9.17, 15) is 9.18 Å². The van der Waals surface area contributed by atoms with E-state index >= 15 is 0 Å². The van der Waals surface area contributed by atoms with Gasteiger partial charge in [0.2, 0.25) is 0 Å². The predicted octanol–water partition coefficient (Wildman–Crippen LogP) is 1.84. The molecule has 0 aliphatic carbocycles. The van der Waals surface area contributed by atoms with E-state index in [4.69, 9.17) is 9.52 Å². The Labute approximate surface area is 133 Å². The zero-order chi connectivity index (χ0) is 16.2. The fourth-order valence-electron chi connectivity index (χ4n) is 2.79. The van der Waals surface area contributed by atoms with Crippen LogP contribution in [0.5, 0.6) is 0 Å². The van der Waals surface area contributed by atoms with Crippen molar-refractivity contribution in [1.29, 1.82) is 0 Å². The van der Waals surface area contributed by atoms with E-state index < -0.39 is 0 Å². The van der Waals surface area contributed by atoms with Crippen molar-refractivity contribution in [3.05, 3.63) is 48.2 Å². The van der Waals surface area contributed by atoms with Gasteiger partial charge in [0.05, 0.1) is 12.9 Å². The quantitative estimate of drug-likeness (QED) is 0.934. The monoisotopic (exact) mass is 318 g/mol. The third kappa shape index (κ3) is 3.43. The summed E-state index contributed by atoms with van der Waals surface area (Å²) in [4.78, 5) is 16.5. The summed E-state index contributed by atoms with van der Waals surface area (Å²) in [5.41, 5.74) is 1.43. The fourth-order valence-corrected chi connectivity index (χ4v) is 2.79. The molecule has 2 aromatic rings. The Balaban J connectivity index is 1.74. The van der Waals surface area contributed by atoms with E-state index in [1.807, 2.05) is 0 Å². The van der Waals surface area contributed by atoms with Crippen molar-refractivity contribution in [2.24, 2.45) is 0 Å². The van der Waals surface area contributed by atoms with E-state index in [0.29, 0.717) is 25.2 Å². The molecule has 0 spiro atoms. The van der Waals surface area contributed by atoms with Crippen LogP contribution in [0.4, 0.5) is 4.39 Å². The Hall–Kier alpha value is -2.18. The van der Waals surface area contributed by atoms with Crippen LogP contribution >= 0.6 is 0 Å². The summed E-state index contributed by atoms with van der Waals surface area (Å²) < 4.78 is 18.5. The number of furan rings is 1. The number of aliphatic hydroxyl groups excluding tert-OH is 1. The van der Waals surface area contributed by atoms with Crippen molar-refractivity contribution < 1.29 is 18.7 Å². The van der Waals surface area contributed by atoms with Crippen LogP contribution in [0, 0.1) is 5.82 Å². The Bertz CT molecular complexity index is 661. The maximum absolute atomic E-state index is 13.1. The molecule has 1 aliphatic rings. The van der Waals surface area contributed by atoms with Gasteiger partial charge < -0.3 is 14.4 Å². The number of halogens is 1. The smallest absolute Gasteiger partial charge is 0.290 e. The summed E-state index contributed by atoms with van der Waals surface area (Å²) >= 11 is 0. The molecule has 122 valence electrons. The van der Waals surface area contributed by atoms with Gasteiger partial charge in [0.15, 0.2) is 5.76 Å². The van der Waals surface area contributed by atoms with E-state index in [2.05, 4.69) is 4.90 Å². The van der Waals surface area contributed by atoms with E-state index in [-0.39, 0.29) is 24.1 Å². The first kappa shape index (κ1) is 15.7. The molecule has 0 unspecified atom stereocenters. The van der Waals surface area contributed by atoms with Crippen LogP contribution in [0.15, 0.2) is 41.0 Å². The lowest BCUT2D eigenvalue weighted by Gasteiger charge is -2.34. The normalized spacial score (nSPS) is 15.8. The average Bonchev–Trinajstić information content (AvgIpc) is 3.05. The number of benzene rings is 1. The van der Waals surface area contributed by atoms with Gasteiger partial charge in [-0.05, 0) is 23.8 Å². The Kier molecular flexibility index (Phi) is 4.73. The second kappa shape index (κ2) is 6.93. The third-order valence-electron chi connectivity index (χ3n) is 4.09. The first-order chi connectivity index (χ1) is 11.2. The van der Waals surface area contributed by atoms with Crippen LogP contribution in [-0.4, -0.2) is 60.1 Å². The van der Waals surface area contributed by atoms with Gasteiger partial charge in [-0.2, -0.15) is 0 Å². The highest BCUT2D eigenvalue weighted by Crippen LogP contribution is 2.26. The fraction of sp³-hybridized carbons (Fsp3) is 0.353. The molecule has 1 N–H and O–H groups in total. The highest BCUT2D eigenvalue weighted by molar-refractivity contribution is 5.98. The van der Waals surface area contributed by atoms with Crippen LogP contribution in [0.2, 0.25) is 0 Å². The minimum atomic E-state index is -0.315. The number of hydrogen-bond donors (Lipinski definition) is 1. The largest absolute Gasteiger partial charge is 0.459 e. The topological polar surface area (TPSA) is 56.9 Å². The van der Waals surface area contributed by atoms with Crippen LogP contribution in [0.1, 0.15) is 10.6 Å². The average molecular weight is 318 g/mol. The number of amides is 1. The molecule has 0 bridgehead atoms. The molecule has 6 heteroatoms. The van der Waals surface area contributed by atoms with Crippen molar-refractivity contribution in [2.45, 2.75) is 0 Å². The number of carbonyl (C=O) groups is 1. The summed E-state index contributed by atoms with van der Waals surface area (Å²) in [6, 6.07) is 7.73. The lowest BCUT2D eigenvalue weighted by atomic mass is 10.1. The second-order valence-electron chi connectivity index (χ2n) is 5.53. The summed E-state index contributed by atoms with van der Waals surface area (Å²) in [6.45, 7) is 3.42. The van der Waals surface area contributed by atoms with Gasteiger partial charge in [0, 0.05) is 38.3 Å². The molecule has 1 amide bonds. The van der Waals surface area contributed by atoms with Crippen LogP contribution < -0.4 is 0 Å². The lowest BCUT2D eigenvalue weighted by molar-refractivity contribution is 0.0586.